The Morgan fingerprint density at radius 1 is 1.22 bits per heavy atom. The zero-order valence-corrected chi connectivity index (χ0v) is 17.9. The number of hydrogen-bond donors (Lipinski definition) is 1. The molecule has 3 aromatic rings. The number of ether oxygens (including phenoxy) is 1. The smallest absolute Gasteiger partial charge is 0.244 e. The summed E-state index contributed by atoms with van der Waals surface area (Å²) in [5.41, 5.74) is 1.86. The van der Waals surface area contributed by atoms with Gasteiger partial charge in [-0.1, -0.05) is 36.4 Å². The zero-order chi connectivity index (χ0) is 22.3. The fourth-order valence-electron chi connectivity index (χ4n) is 3.86. The molecule has 0 radical (unpaired) electrons. The van der Waals surface area contributed by atoms with Gasteiger partial charge in [-0.05, 0) is 54.8 Å². The first-order chi connectivity index (χ1) is 15.6. The highest BCUT2D eigenvalue weighted by Crippen LogP contribution is 2.26. The lowest BCUT2D eigenvalue weighted by Crippen LogP contribution is -2.36. The van der Waals surface area contributed by atoms with Crippen molar-refractivity contribution in [1.29, 1.82) is 0 Å². The van der Waals surface area contributed by atoms with Crippen molar-refractivity contribution in [2.45, 2.75) is 25.4 Å². The number of halogens is 1. The molecule has 32 heavy (non-hydrogen) atoms. The van der Waals surface area contributed by atoms with E-state index in [2.05, 4.69) is 34.3 Å². The Kier molecular flexibility index (Phi) is 6.92. The van der Waals surface area contributed by atoms with Crippen LogP contribution in [0.3, 0.4) is 0 Å². The summed E-state index contributed by atoms with van der Waals surface area (Å²) in [5, 5.41) is 3.05. The molecule has 5 nitrogen and oxygen atoms in total. The lowest BCUT2D eigenvalue weighted by molar-refractivity contribution is -0.117. The quantitative estimate of drug-likeness (QED) is 0.536. The average Bonchev–Trinajstić information content (AvgIpc) is 3.28. The second kappa shape index (κ2) is 10.2. The van der Waals surface area contributed by atoms with Gasteiger partial charge in [-0.2, -0.15) is 0 Å². The Bertz CT molecular complexity index is 1070. The Balaban J connectivity index is 1.29. The van der Waals surface area contributed by atoms with Crippen LogP contribution < -0.4 is 10.1 Å². The van der Waals surface area contributed by atoms with Gasteiger partial charge in [0.1, 0.15) is 5.75 Å². The minimum Gasteiger partial charge on any atom is -0.453 e. The third-order valence-electron chi connectivity index (χ3n) is 5.64. The van der Waals surface area contributed by atoms with Crippen LogP contribution in [0, 0.1) is 5.82 Å². The van der Waals surface area contributed by atoms with E-state index in [1.54, 1.807) is 36.5 Å². The van der Waals surface area contributed by atoms with E-state index in [1.807, 2.05) is 18.2 Å². The second-order valence-electron chi connectivity index (χ2n) is 7.89. The van der Waals surface area contributed by atoms with Crippen molar-refractivity contribution in [3.05, 3.63) is 96.1 Å². The van der Waals surface area contributed by atoms with Crippen LogP contribution in [0.4, 0.5) is 4.39 Å². The molecule has 1 N–H and O–H groups in total. The molecule has 4 rings (SSSR count). The van der Waals surface area contributed by atoms with Gasteiger partial charge in [0, 0.05) is 37.4 Å². The molecule has 0 bridgehead atoms. The van der Waals surface area contributed by atoms with E-state index in [1.165, 1.54) is 23.9 Å². The normalized spacial score (nSPS) is 17.4. The van der Waals surface area contributed by atoms with Gasteiger partial charge >= 0.3 is 0 Å². The van der Waals surface area contributed by atoms with E-state index in [0.717, 1.165) is 19.5 Å². The highest BCUT2D eigenvalue weighted by Gasteiger charge is 2.27. The molecule has 1 saturated heterocycles. The molecule has 2 aromatic carbocycles. The Morgan fingerprint density at radius 3 is 2.81 bits per heavy atom. The van der Waals surface area contributed by atoms with Crippen molar-refractivity contribution in [2.75, 3.05) is 13.1 Å². The van der Waals surface area contributed by atoms with Crippen molar-refractivity contribution in [3.63, 3.8) is 0 Å². The van der Waals surface area contributed by atoms with Gasteiger partial charge in [-0.25, -0.2) is 4.39 Å². The predicted octanol–water partition coefficient (Wildman–Crippen LogP) is 4.98. The summed E-state index contributed by atoms with van der Waals surface area (Å²) in [6.07, 6.45) is 7.09. The first-order valence-corrected chi connectivity index (χ1v) is 10.7. The summed E-state index contributed by atoms with van der Waals surface area (Å²) in [7, 11) is 0. The number of amides is 1. The SMILES string of the molecule is CC(c1ccccc1)N1CCC(NC(=O)/C=C/c2ccc(Oc3cccnc3)c(F)c2)C1. The number of aromatic nitrogens is 1. The van der Waals surface area contributed by atoms with E-state index >= 15 is 0 Å². The van der Waals surface area contributed by atoms with Gasteiger partial charge in [-0.15, -0.1) is 0 Å². The summed E-state index contributed by atoms with van der Waals surface area (Å²) in [4.78, 5) is 18.7. The maximum atomic E-state index is 14.4. The van der Waals surface area contributed by atoms with Crippen molar-refractivity contribution in [2.24, 2.45) is 0 Å². The number of pyridine rings is 1. The maximum absolute atomic E-state index is 14.4. The van der Waals surface area contributed by atoms with Crippen LogP contribution >= 0.6 is 0 Å². The van der Waals surface area contributed by atoms with Crippen LogP contribution in [0.2, 0.25) is 0 Å². The zero-order valence-electron chi connectivity index (χ0n) is 17.9. The molecule has 1 aliphatic rings. The van der Waals surface area contributed by atoms with Gasteiger partial charge in [0.05, 0.1) is 6.20 Å². The number of rotatable bonds is 7. The Hall–Kier alpha value is -3.51. The van der Waals surface area contributed by atoms with Crippen molar-refractivity contribution in [1.82, 2.24) is 15.2 Å². The third kappa shape index (κ3) is 5.59. The van der Waals surface area contributed by atoms with Gasteiger partial charge in [-0.3, -0.25) is 14.7 Å². The third-order valence-corrected chi connectivity index (χ3v) is 5.64. The van der Waals surface area contributed by atoms with E-state index in [9.17, 15) is 9.18 Å². The fourth-order valence-corrected chi connectivity index (χ4v) is 3.86. The van der Waals surface area contributed by atoms with E-state index < -0.39 is 5.82 Å². The molecule has 0 spiro atoms. The standard InChI is InChI=1S/C26H26FN3O2/c1-19(21-6-3-2-4-7-21)30-15-13-22(18-30)29-26(31)12-10-20-9-11-25(24(27)16-20)32-23-8-5-14-28-17-23/h2-12,14,16-17,19,22H,13,15,18H2,1H3,(H,29,31)/b12-10+. The van der Waals surface area contributed by atoms with Crippen LogP contribution in [-0.4, -0.2) is 34.9 Å². The van der Waals surface area contributed by atoms with Crippen LogP contribution in [0.5, 0.6) is 11.5 Å². The number of benzene rings is 2. The molecule has 2 atom stereocenters. The summed E-state index contributed by atoms with van der Waals surface area (Å²) in [5.74, 6) is -0.113. The van der Waals surface area contributed by atoms with Crippen LogP contribution in [-0.2, 0) is 4.79 Å². The van der Waals surface area contributed by atoms with Crippen molar-refractivity contribution in [3.8, 4) is 11.5 Å². The summed E-state index contributed by atoms with van der Waals surface area (Å²) in [6.45, 7) is 3.94. The largest absolute Gasteiger partial charge is 0.453 e. The summed E-state index contributed by atoms with van der Waals surface area (Å²) in [6, 6.07) is 18.8. The maximum Gasteiger partial charge on any atom is 0.244 e. The first kappa shape index (κ1) is 21.7. The molecule has 2 heterocycles. The molecular formula is C26H26FN3O2. The number of carbonyl (C=O) groups excluding carboxylic acids is 1. The van der Waals surface area contributed by atoms with E-state index in [0.29, 0.717) is 17.4 Å². The molecule has 1 fully saturated rings. The van der Waals surface area contributed by atoms with Gasteiger partial charge < -0.3 is 10.1 Å². The van der Waals surface area contributed by atoms with E-state index in [4.69, 9.17) is 4.74 Å². The lowest BCUT2D eigenvalue weighted by atomic mass is 10.1. The molecular weight excluding hydrogens is 405 g/mol. The van der Waals surface area contributed by atoms with Gasteiger partial charge in [0.2, 0.25) is 5.91 Å². The Labute approximate surface area is 187 Å². The van der Waals surface area contributed by atoms with Crippen LogP contribution in [0.25, 0.3) is 6.08 Å². The molecule has 6 heteroatoms. The van der Waals surface area contributed by atoms with Crippen LogP contribution in [0.1, 0.15) is 30.5 Å². The highest BCUT2D eigenvalue weighted by molar-refractivity contribution is 5.92. The fraction of sp³-hybridized carbons (Fsp3) is 0.231. The second-order valence-corrected chi connectivity index (χ2v) is 7.89. The molecule has 1 aromatic heterocycles. The molecule has 1 amide bonds. The first-order valence-electron chi connectivity index (χ1n) is 10.7. The minimum absolute atomic E-state index is 0.102. The monoisotopic (exact) mass is 431 g/mol. The molecule has 2 unspecified atom stereocenters. The van der Waals surface area contributed by atoms with Gasteiger partial charge in [0.15, 0.2) is 11.6 Å². The lowest BCUT2D eigenvalue weighted by Gasteiger charge is -2.24. The minimum atomic E-state index is -0.502. The summed E-state index contributed by atoms with van der Waals surface area (Å²) >= 11 is 0. The van der Waals surface area contributed by atoms with E-state index in [-0.39, 0.29) is 17.7 Å². The van der Waals surface area contributed by atoms with Crippen molar-refractivity contribution < 1.29 is 13.9 Å². The van der Waals surface area contributed by atoms with Gasteiger partial charge in [0.25, 0.3) is 0 Å². The molecule has 1 aliphatic heterocycles. The number of nitrogens with zero attached hydrogens (tertiary/aromatic N) is 2. The molecule has 164 valence electrons. The summed E-state index contributed by atoms with van der Waals surface area (Å²) < 4.78 is 19.9. The number of hydrogen-bond acceptors (Lipinski definition) is 4. The molecule has 0 saturated carbocycles. The number of nitrogens with one attached hydrogen (secondary N) is 1. The Morgan fingerprint density at radius 2 is 2.06 bits per heavy atom. The highest BCUT2D eigenvalue weighted by atomic mass is 19.1. The topological polar surface area (TPSA) is 54.5 Å². The average molecular weight is 432 g/mol. The predicted molar refractivity (Wildman–Crippen MR) is 123 cm³/mol. The van der Waals surface area contributed by atoms with Crippen LogP contribution in [0.15, 0.2) is 79.1 Å². The number of carbonyl (C=O) groups is 1. The van der Waals surface area contributed by atoms with Crippen molar-refractivity contribution >= 4 is 12.0 Å². The molecule has 0 aliphatic carbocycles. The number of likely N-dealkylation sites (tertiary alicyclic amines) is 1.